The molecule has 1 saturated carbocycles. The zero-order chi connectivity index (χ0) is 20.7. The minimum Gasteiger partial charge on any atom is -0.373 e. The second-order valence-electron chi connectivity index (χ2n) is 8.53. The van der Waals surface area contributed by atoms with Crippen LogP contribution in [0.1, 0.15) is 32.3 Å². The number of hydrogen-bond acceptors (Lipinski definition) is 5. The average molecular weight is 406 g/mol. The number of carbonyl (C=O) groups is 1. The van der Waals surface area contributed by atoms with Crippen LogP contribution in [0.2, 0.25) is 0 Å². The Hall–Kier alpha value is -2.77. The summed E-state index contributed by atoms with van der Waals surface area (Å²) in [5.41, 5.74) is 4.02. The Balaban J connectivity index is 1.34. The van der Waals surface area contributed by atoms with Crippen molar-refractivity contribution in [2.75, 3.05) is 18.4 Å². The minimum atomic E-state index is 0.0172. The van der Waals surface area contributed by atoms with Gasteiger partial charge in [0, 0.05) is 31.1 Å². The molecule has 1 amide bonds. The molecule has 30 heavy (non-hydrogen) atoms. The number of amides is 1. The van der Waals surface area contributed by atoms with Gasteiger partial charge in [0.2, 0.25) is 11.9 Å². The highest BCUT2D eigenvalue weighted by atomic mass is 16.5. The van der Waals surface area contributed by atoms with Crippen LogP contribution >= 0.6 is 0 Å². The molecule has 1 aliphatic carbocycles. The van der Waals surface area contributed by atoms with E-state index in [0.29, 0.717) is 5.95 Å². The van der Waals surface area contributed by atoms with Gasteiger partial charge >= 0.3 is 0 Å². The first-order valence-corrected chi connectivity index (χ1v) is 10.7. The molecule has 156 valence electrons. The number of morpholine rings is 1. The first-order valence-electron chi connectivity index (χ1n) is 10.7. The van der Waals surface area contributed by atoms with E-state index in [0.717, 1.165) is 49.4 Å². The van der Waals surface area contributed by atoms with Crippen LogP contribution in [0.5, 0.6) is 0 Å². The molecule has 0 spiro atoms. The molecule has 7 heteroatoms. The van der Waals surface area contributed by atoms with Gasteiger partial charge in [0.15, 0.2) is 5.65 Å². The fourth-order valence-electron chi connectivity index (χ4n) is 4.19. The standard InChI is InChI=1S/C23H27N5O2/c1-15-12-27(13-16(2)30-15)14-17-6-8-18(9-7-17)20-4-3-5-21-24-23(26-28(20)21)25-22(29)19-10-11-19/h3-9,15-16,19H,10-14H2,1-2H3,(H,25,26,29). The van der Waals surface area contributed by atoms with Crippen molar-refractivity contribution in [1.82, 2.24) is 19.5 Å². The van der Waals surface area contributed by atoms with Crippen LogP contribution in [0, 0.1) is 5.92 Å². The van der Waals surface area contributed by atoms with Crippen LogP contribution in [-0.2, 0) is 16.1 Å². The summed E-state index contributed by atoms with van der Waals surface area (Å²) in [6.07, 6.45) is 2.46. The highest BCUT2D eigenvalue weighted by molar-refractivity contribution is 5.92. The topological polar surface area (TPSA) is 71.8 Å². The molecule has 0 radical (unpaired) electrons. The van der Waals surface area contributed by atoms with Crippen LogP contribution in [0.3, 0.4) is 0 Å². The minimum absolute atomic E-state index is 0.0172. The van der Waals surface area contributed by atoms with Gasteiger partial charge in [-0.3, -0.25) is 15.0 Å². The van der Waals surface area contributed by atoms with E-state index in [1.807, 2.05) is 18.2 Å². The van der Waals surface area contributed by atoms with Crippen molar-refractivity contribution in [2.45, 2.75) is 45.4 Å². The summed E-state index contributed by atoms with van der Waals surface area (Å²) in [5, 5.41) is 7.36. The van der Waals surface area contributed by atoms with Crippen LogP contribution in [0.4, 0.5) is 5.95 Å². The molecule has 1 aromatic carbocycles. The number of pyridine rings is 1. The summed E-state index contributed by atoms with van der Waals surface area (Å²) in [7, 11) is 0. The second kappa shape index (κ2) is 7.81. The maximum atomic E-state index is 12.0. The molecule has 2 fully saturated rings. The zero-order valence-electron chi connectivity index (χ0n) is 17.4. The Morgan fingerprint density at radius 3 is 2.53 bits per heavy atom. The number of nitrogens with one attached hydrogen (secondary N) is 1. The van der Waals surface area contributed by atoms with Crippen LogP contribution in [-0.4, -0.2) is 50.7 Å². The molecule has 2 aromatic heterocycles. The number of carbonyl (C=O) groups excluding carboxylic acids is 1. The lowest BCUT2D eigenvalue weighted by atomic mass is 10.1. The van der Waals surface area contributed by atoms with Gasteiger partial charge in [-0.1, -0.05) is 30.3 Å². The van der Waals surface area contributed by atoms with E-state index in [2.05, 4.69) is 58.4 Å². The largest absolute Gasteiger partial charge is 0.373 e. The summed E-state index contributed by atoms with van der Waals surface area (Å²) in [6.45, 7) is 7.10. The first kappa shape index (κ1) is 19.2. The maximum absolute atomic E-state index is 12.0. The number of aromatic nitrogens is 3. The summed E-state index contributed by atoms with van der Waals surface area (Å²) in [5.74, 6) is 0.510. The highest BCUT2D eigenvalue weighted by Gasteiger charge is 2.30. The SMILES string of the molecule is CC1CN(Cc2ccc(-c3cccc4nc(NC(=O)C5CC5)nn34)cc2)CC(C)O1. The summed E-state index contributed by atoms with van der Waals surface area (Å²) in [6, 6.07) is 14.5. The van der Waals surface area contributed by atoms with E-state index >= 15 is 0 Å². The predicted octanol–water partition coefficient (Wildman–Crippen LogP) is 3.35. The average Bonchev–Trinajstić information content (AvgIpc) is 3.48. The fourth-order valence-corrected chi connectivity index (χ4v) is 4.19. The molecule has 2 aliphatic rings. The highest BCUT2D eigenvalue weighted by Crippen LogP contribution is 2.30. The molecule has 2 unspecified atom stereocenters. The lowest BCUT2D eigenvalue weighted by Crippen LogP contribution is -2.44. The molecule has 2 atom stereocenters. The normalized spacial score (nSPS) is 22.3. The number of benzene rings is 1. The van der Waals surface area contributed by atoms with E-state index in [-0.39, 0.29) is 24.0 Å². The van der Waals surface area contributed by atoms with E-state index in [4.69, 9.17) is 4.74 Å². The lowest BCUT2D eigenvalue weighted by Gasteiger charge is -2.35. The molecular formula is C23H27N5O2. The summed E-state index contributed by atoms with van der Waals surface area (Å²) >= 11 is 0. The third-order valence-electron chi connectivity index (χ3n) is 5.69. The molecular weight excluding hydrogens is 378 g/mol. The number of hydrogen-bond donors (Lipinski definition) is 1. The van der Waals surface area contributed by atoms with Crippen molar-refractivity contribution < 1.29 is 9.53 Å². The smallest absolute Gasteiger partial charge is 0.249 e. The summed E-state index contributed by atoms with van der Waals surface area (Å²) < 4.78 is 7.63. The third-order valence-corrected chi connectivity index (χ3v) is 5.69. The van der Waals surface area contributed by atoms with Crippen molar-refractivity contribution in [3.8, 4) is 11.3 Å². The van der Waals surface area contributed by atoms with Gasteiger partial charge in [-0.2, -0.15) is 4.98 Å². The van der Waals surface area contributed by atoms with Crippen LogP contribution in [0.25, 0.3) is 16.9 Å². The predicted molar refractivity (Wildman–Crippen MR) is 115 cm³/mol. The van der Waals surface area contributed by atoms with E-state index < -0.39 is 0 Å². The quantitative estimate of drug-likeness (QED) is 0.705. The molecule has 7 nitrogen and oxygen atoms in total. The maximum Gasteiger partial charge on any atom is 0.249 e. The monoisotopic (exact) mass is 405 g/mol. The Labute approximate surface area is 176 Å². The third kappa shape index (κ3) is 4.08. The molecule has 1 aliphatic heterocycles. The number of fused-ring (bicyclic) bond motifs is 1. The zero-order valence-corrected chi connectivity index (χ0v) is 17.4. The van der Waals surface area contributed by atoms with E-state index in [1.54, 1.807) is 4.52 Å². The van der Waals surface area contributed by atoms with Crippen molar-refractivity contribution in [2.24, 2.45) is 5.92 Å². The van der Waals surface area contributed by atoms with Crippen molar-refractivity contribution in [3.05, 3.63) is 48.0 Å². The van der Waals surface area contributed by atoms with Crippen molar-refractivity contribution in [3.63, 3.8) is 0 Å². The summed E-state index contributed by atoms with van der Waals surface area (Å²) in [4.78, 5) is 18.9. The van der Waals surface area contributed by atoms with Gasteiger partial charge in [-0.25, -0.2) is 4.52 Å². The molecule has 1 N–H and O–H groups in total. The van der Waals surface area contributed by atoms with Gasteiger partial charge in [-0.15, -0.1) is 5.10 Å². The second-order valence-corrected chi connectivity index (χ2v) is 8.53. The first-order chi connectivity index (χ1) is 14.5. The molecule has 0 bridgehead atoms. The molecule has 3 heterocycles. The van der Waals surface area contributed by atoms with Gasteiger partial charge in [0.25, 0.3) is 0 Å². The molecule has 1 saturated heterocycles. The Bertz CT molecular complexity index is 1050. The van der Waals surface area contributed by atoms with Gasteiger partial charge in [0.05, 0.1) is 17.9 Å². The van der Waals surface area contributed by atoms with Crippen molar-refractivity contribution in [1.29, 1.82) is 0 Å². The molecule has 5 rings (SSSR count). The molecule has 3 aromatic rings. The van der Waals surface area contributed by atoms with Gasteiger partial charge < -0.3 is 4.74 Å². The Morgan fingerprint density at radius 1 is 1.10 bits per heavy atom. The number of ether oxygens (including phenoxy) is 1. The number of anilines is 1. The number of rotatable bonds is 5. The number of nitrogens with zero attached hydrogens (tertiary/aromatic N) is 4. The van der Waals surface area contributed by atoms with E-state index in [1.165, 1.54) is 5.56 Å². The van der Waals surface area contributed by atoms with Gasteiger partial charge in [-0.05, 0) is 44.4 Å². The van der Waals surface area contributed by atoms with Crippen LogP contribution < -0.4 is 5.32 Å². The Kier molecular flexibility index (Phi) is 5.00. The Morgan fingerprint density at radius 2 is 1.83 bits per heavy atom. The lowest BCUT2D eigenvalue weighted by molar-refractivity contribution is -0.117. The van der Waals surface area contributed by atoms with Crippen molar-refractivity contribution >= 4 is 17.5 Å². The fraction of sp³-hybridized carbons (Fsp3) is 0.435. The van der Waals surface area contributed by atoms with Gasteiger partial charge in [0.1, 0.15) is 0 Å². The van der Waals surface area contributed by atoms with Crippen LogP contribution in [0.15, 0.2) is 42.5 Å². The van der Waals surface area contributed by atoms with E-state index in [9.17, 15) is 4.79 Å².